The summed E-state index contributed by atoms with van der Waals surface area (Å²) >= 11 is 0. The molecule has 4 rings (SSSR count). The molecule has 3 N–H and O–H groups in total. The molecule has 1 fully saturated rings. The number of benzene rings is 1. The molecule has 3 amide bonds. The lowest BCUT2D eigenvalue weighted by Gasteiger charge is -2.23. The van der Waals surface area contributed by atoms with Crippen molar-refractivity contribution in [2.75, 3.05) is 11.9 Å². The van der Waals surface area contributed by atoms with Crippen LogP contribution in [0.25, 0.3) is 10.9 Å². The maximum Gasteiger partial charge on any atom is 0.320 e. The number of fused-ring (bicyclic) bond motifs is 1. The third-order valence-corrected chi connectivity index (χ3v) is 5.01. The number of rotatable bonds is 4. The van der Waals surface area contributed by atoms with Crippen LogP contribution in [0, 0.1) is 5.82 Å². The lowest BCUT2D eigenvalue weighted by atomic mass is 10.1. The second-order valence-corrected chi connectivity index (χ2v) is 7.09. The minimum absolute atomic E-state index is 0.00159. The number of amides is 3. The van der Waals surface area contributed by atoms with E-state index in [2.05, 4.69) is 26.0 Å². The summed E-state index contributed by atoms with van der Waals surface area (Å²) < 4.78 is 14.9. The first kappa shape index (κ1) is 18.9. The monoisotopic (exact) mass is 396 g/mol. The fourth-order valence-corrected chi connectivity index (χ4v) is 3.46. The second kappa shape index (κ2) is 7.86. The van der Waals surface area contributed by atoms with Crippen LogP contribution in [0.2, 0.25) is 0 Å². The first-order chi connectivity index (χ1) is 14.0. The van der Waals surface area contributed by atoms with Crippen LogP contribution in [0.1, 0.15) is 37.4 Å². The Hall–Kier alpha value is -3.49. The molecule has 3 aromatic rings. The standard InChI is InChI=1S/C20H21FN6O2/c1-12(13-2-4-15(21)5-3-13)25-20(29)26-18-8-14-10-24-27(17(14)11-23-18)16-6-7-22-19(28)9-16/h2-5,8,10-12,16H,6-7,9H2,1H3,(H,22,28)(H2,23,25,26,29). The maximum atomic E-state index is 13.0. The van der Waals surface area contributed by atoms with Crippen molar-refractivity contribution in [1.82, 2.24) is 25.4 Å². The summed E-state index contributed by atoms with van der Waals surface area (Å²) in [6, 6.07) is 7.01. The zero-order valence-electron chi connectivity index (χ0n) is 15.9. The van der Waals surface area contributed by atoms with Gasteiger partial charge in [0.05, 0.1) is 30.0 Å². The summed E-state index contributed by atoms with van der Waals surface area (Å²) in [6.07, 6.45) is 4.55. The van der Waals surface area contributed by atoms with Crippen LogP contribution in [0.5, 0.6) is 0 Å². The van der Waals surface area contributed by atoms with Crippen LogP contribution in [0.4, 0.5) is 15.0 Å². The first-order valence-electron chi connectivity index (χ1n) is 9.42. The highest BCUT2D eigenvalue weighted by molar-refractivity contribution is 5.91. The number of nitrogens with zero attached hydrogens (tertiary/aromatic N) is 3. The maximum absolute atomic E-state index is 13.0. The Morgan fingerprint density at radius 3 is 2.86 bits per heavy atom. The molecule has 0 spiro atoms. The molecule has 150 valence electrons. The zero-order chi connectivity index (χ0) is 20.4. The molecule has 0 saturated carbocycles. The van der Waals surface area contributed by atoms with Gasteiger partial charge in [-0.05, 0) is 37.1 Å². The minimum Gasteiger partial charge on any atom is -0.356 e. The highest BCUT2D eigenvalue weighted by atomic mass is 19.1. The Bertz CT molecular complexity index is 1050. The number of halogens is 1. The van der Waals surface area contributed by atoms with E-state index >= 15 is 0 Å². The van der Waals surface area contributed by atoms with Crippen molar-refractivity contribution in [3.05, 3.63) is 54.1 Å². The molecule has 1 saturated heterocycles. The number of anilines is 1. The van der Waals surface area contributed by atoms with Gasteiger partial charge in [-0.2, -0.15) is 5.10 Å². The van der Waals surface area contributed by atoms with Gasteiger partial charge in [-0.3, -0.25) is 14.8 Å². The molecule has 3 heterocycles. The van der Waals surface area contributed by atoms with E-state index in [0.717, 1.165) is 22.9 Å². The van der Waals surface area contributed by atoms with Crippen LogP contribution in [0.3, 0.4) is 0 Å². The van der Waals surface area contributed by atoms with Crippen molar-refractivity contribution >= 4 is 28.7 Å². The van der Waals surface area contributed by atoms with E-state index in [9.17, 15) is 14.0 Å². The molecule has 0 aliphatic carbocycles. The smallest absolute Gasteiger partial charge is 0.320 e. The first-order valence-corrected chi connectivity index (χ1v) is 9.42. The van der Waals surface area contributed by atoms with Crippen molar-refractivity contribution in [2.24, 2.45) is 0 Å². The molecule has 9 heteroatoms. The van der Waals surface area contributed by atoms with Gasteiger partial charge in [0.15, 0.2) is 0 Å². The van der Waals surface area contributed by atoms with E-state index in [4.69, 9.17) is 0 Å². The van der Waals surface area contributed by atoms with E-state index in [1.165, 1.54) is 12.1 Å². The average molecular weight is 396 g/mol. The van der Waals surface area contributed by atoms with E-state index in [-0.39, 0.29) is 23.8 Å². The molecular weight excluding hydrogens is 375 g/mol. The summed E-state index contributed by atoms with van der Waals surface area (Å²) in [6.45, 7) is 2.44. The topological polar surface area (TPSA) is 101 Å². The van der Waals surface area contributed by atoms with Crippen molar-refractivity contribution in [2.45, 2.75) is 31.8 Å². The summed E-state index contributed by atoms with van der Waals surface area (Å²) in [5, 5.41) is 13.5. The van der Waals surface area contributed by atoms with Gasteiger partial charge in [0.1, 0.15) is 11.6 Å². The molecule has 1 aliphatic heterocycles. The van der Waals surface area contributed by atoms with Crippen molar-refractivity contribution in [3.8, 4) is 0 Å². The largest absolute Gasteiger partial charge is 0.356 e. The molecular formula is C20H21FN6O2. The van der Waals surface area contributed by atoms with Crippen LogP contribution in [0.15, 0.2) is 42.7 Å². The van der Waals surface area contributed by atoms with Crippen molar-refractivity contribution < 1.29 is 14.0 Å². The lowest BCUT2D eigenvalue weighted by Crippen LogP contribution is -2.34. The number of aromatic nitrogens is 3. The number of piperidine rings is 1. The van der Waals surface area contributed by atoms with Crippen molar-refractivity contribution in [3.63, 3.8) is 0 Å². The summed E-state index contributed by atoms with van der Waals surface area (Å²) in [4.78, 5) is 28.2. The van der Waals surface area contributed by atoms with Gasteiger partial charge in [-0.1, -0.05) is 12.1 Å². The zero-order valence-corrected chi connectivity index (χ0v) is 15.9. The Kier molecular flexibility index (Phi) is 5.11. The SMILES string of the molecule is CC(NC(=O)Nc1cc2cnn(C3CCNC(=O)C3)c2cn1)c1ccc(F)cc1. The molecule has 2 atom stereocenters. The predicted molar refractivity (Wildman–Crippen MR) is 106 cm³/mol. The average Bonchev–Trinajstić information content (AvgIpc) is 3.11. The van der Waals surface area contributed by atoms with Gasteiger partial charge in [0, 0.05) is 18.4 Å². The molecule has 1 aromatic carbocycles. The van der Waals surface area contributed by atoms with E-state index in [1.807, 2.05) is 11.6 Å². The normalized spacial score (nSPS) is 17.6. The Morgan fingerprint density at radius 1 is 1.31 bits per heavy atom. The fourth-order valence-electron chi connectivity index (χ4n) is 3.46. The highest BCUT2D eigenvalue weighted by Gasteiger charge is 2.22. The van der Waals surface area contributed by atoms with Gasteiger partial charge in [-0.15, -0.1) is 0 Å². The molecule has 8 nitrogen and oxygen atoms in total. The van der Waals surface area contributed by atoms with E-state index < -0.39 is 6.03 Å². The van der Waals surface area contributed by atoms with Gasteiger partial charge >= 0.3 is 6.03 Å². The molecule has 29 heavy (non-hydrogen) atoms. The van der Waals surface area contributed by atoms with E-state index in [0.29, 0.717) is 18.8 Å². The van der Waals surface area contributed by atoms with Crippen LogP contribution < -0.4 is 16.0 Å². The summed E-state index contributed by atoms with van der Waals surface area (Å²) in [5.74, 6) is 0.0858. The molecule has 2 aromatic heterocycles. The summed E-state index contributed by atoms with van der Waals surface area (Å²) in [7, 11) is 0. The number of carbonyl (C=O) groups is 2. The molecule has 0 bridgehead atoms. The number of nitrogens with one attached hydrogen (secondary N) is 3. The number of hydrogen-bond acceptors (Lipinski definition) is 4. The number of hydrogen-bond donors (Lipinski definition) is 3. The minimum atomic E-state index is -0.412. The number of urea groups is 1. The lowest BCUT2D eigenvalue weighted by molar-refractivity contribution is -0.123. The quantitative estimate of drug-likeness (QED) is 0.631. The van der Waals surface area contributed by atoms with Crippen LogP contribution in [-0.2, 0) is 4.79 Å². The van der Waals surface area contributed by atoms with Gasteiger partial charge in [0.25, 0.3) is 0 Å². The number of carbonyl (C=O) groups excluding carboxylic acids is 2. The Balaban J connectivity index is 1.43. The van der Waals surface area contributed by atoms with Gasteiger partial charge in [-0.25, -0.2) is 14.2 Å². The third kappa shape index (κ3) is 4.18. The van der Waals surface area contributed by atoms with Gasteiger partial charge < -0.3 is 10.6 Å². The molecule has 2 unspecified atom stereocenters. The Morgan fingerprint density at radius 2 is 2.10 bits per heavy atom. The Labute approximate surface area is 166 Å². The van der Waals surface area contributed by atoms with Crippen LogP contribution in [-0.4, -0.2) is 33.2 Å². The van der Waals surface area contributed by atoms with E-state index in [1.54, 1.807) is 30.6 Å². The summed E-state index contributed by atoms with van der Waals surface area (Å²) in [5.41, 5.74) is 1.61. The van der Waals surface area contributed by atoms with Gasteiger partial charge in [0.2, 0.25) is 5.91 Å². The third-order valence-electron chi connectivity index (χ3n) is 5.01. The van der Waals surface area contributed by atoms with Crippen molar-refractivity contribution in [1.29, 1.82) is 0 Å². The predicted octanol–water partition coefficient (Wildman–Crippen LogP) is 2.90. The van der Waals surface area contributed by atoms with Crippen LogP contribution >= 0.6 is 0 Å². The highest BCUT2D eigenvalue weighted by Crippen LogP contribution is 2.25. The fraction of sp³-hybridized carbons (Fsp3) is 0.300. The number of pyridine rings is 1. The molecule has 0 radical (unpaired) electrons. The second-order valence-electron chi connectivity index (χ2n) is 7.09. The molecule has 1 aliphatic rings.